The second kappa shape index (κ2) is 6.95. The van der Waals surface area contributed by atoms with Gasteiger partial charge in [-0.2, -0.15) is 0 Å². The zero-order valence-electron chi connectivity index (χ0n) is 15.0. The Labute approximate surface area is 150 Å². The van der Waals surface area contributed by atoms with Crippen molar-refractivity contribution in [1.29, 1.82) is 0 Å². The molecule has 0 saturated carbocycles. The minimum absolute atomic E-state index is 0.452. The van der Waals surface area contributed by atoms with E-state index < -0.39 is 28.4 Å². The molecule has 132 valence electrons. The third kappa shape index (κ3) is 4.44. The maximum atomic E-state index is 11.3. The van der Waals surface area contributed by atoms with E-state index in [-0.39, 0.29) is 0 Å². The van der Waals surface area contributed by atoms with Crippen molar-refractivity contribution in [2.45, 2.75) is 26.2 Å². The van der Waals surface area contributed by atoms with Crippen molar-refractivity contribution in [3.63, 3.8) is 0 Å². The summed E-state index contributed by atoms with van der Waals surface area (Å²) in [5.41, 5.74) is 11.6. The first-order valence-electron chi connectivity index (χ1n) is 8.04. The summed E-state index contributed by atoms with van der Waals surface area (Å²) >= 11 is 0. The fraction of sp³-hybridized carbons (Fsp3) is 0.222. The fourth-order valence-corrected chi connectivity index (χ4v) is 10.6. The lowest BCUT2D eigenvalue weighted by Crippen LogP contribution is -2.62. The average molecular weight is 373 g/mol. The van der Waals surface area contributed by atoms with Gasteiger partial charge < -0.3 is 15.6 Å². The van der Waals surface area contributed by atoms with Crippen LogP contribution in [0.15, 0.2) is 48.5 Å². The summed E-state index contributed by atoms with van der Waals surface area (Å²) in [6.07, 6.45) is 0. The van der Waals surface area contributed by atoms with Crippen LogP contribution in [-0.4, -0.2) is 28.4 Å². The summed E-state index contributed by atoms with van der Waals surface area (Å²) in [5, 5.41) is 2.10. The molecule has 0 heterocycles. The van der Waals surface area contributed by atoms with Gasteiger partial charge in [-0.25, -0.2) is 0 Å². The SMILES string of the molecule is C[Si](C)(C)O[Si](C)(c1ccc(C(N)=O)cc1)c1ccc(C(N)=O)cc1. The number of primary amides is 2. The van der Waals surface area contributed by atoms with Gasteiger partial charge in [0.1, 0.15) is 0 Å². The van der Waals surface area contributed by atoms with Crippen LogP contribution in [0.4, 0.5) is 0 Å². The van der Waals surface area contributed by atoms with E-state index in [1.54, 1.807) is 24.3 Å². The van der Waals surface area contributed by atoms with Crippen LogP contribution < -0.4 is 21.8 Å². The molecular formula is C18H24N2O3Si2. The molecule has 7 heteroatoms. The minimum atomic E-state index is -2.49. The Morgan fingerprint density at radius 1 is 0.720 bits per heavy atom. The molecule has 0 aliphatic heterocycles. The first-order chi connectivity index (χ1) is 11.5. The van der Waals surface area contributed by atoms with Crippen LogP contribution in [0.3, 0.4) is 0 Å². The molecule has 2 rings (SSSR count). The third-order valence-electron chi connectivity index (χ3n) is 3.95. The largest absolute Gasteiger partial charge is 0.449 e. The summed E-state index contributed by atoms with van der Waals surface area (Å²) in [6, 6.07) is 14.6. The second-order valence-corrected chi connectivity index (χ2v) is 15.4. The monoisotopic (exact) mass is 372 g/mol. The van der Waals surface area contributed by atoms with Gasteiger partial charge in [0.15, 0.2) is 8.32 Å². The fourth-order valence-electron chi connectivity index (χ4n) is 2.80. The van der Waals surface area contributed by atoms with Gasteiger partial charge in [-0.1, -0.05) is 24.3 Å². The lowest BCUT2D eigenvalue weighted by Gasteiger charge is -2.35. The standard InChI is InChI=1S/C18H24N2O3Si2/c1-24(2,3)23-25(4,15-9-5-13(6-10-15)17(19)21)16-11-7-14(8-12-16)18(20)22/h5-12H,1-4H3,(H2,19,21)(H2,20,22). The van der Waals surface area contributed by atoms with E-state index in [9.17, 15) is 9.59 Å². The van der Waals surface area contributed by atoms with Crippen molar-refractivity contribution in [1.82, 2.24) is 0 Å². The highest BCUT2D eigenvalue weighted by atomic mass is 28.4. The zero-order chi connectivity index (χ0) is 18.8. The molecule has 0 unspecified atom stereocenters. The van der Waals surface area contributed by atoms with Crippen molar-refractivity contribution >= 4 is 38.8 Å². The van der Waals surface area contributed by atoms with Gasteiger partial charge in [0.2, 0.25) is 20.1 Å². The molecule has 0 bridgehead atoms. The molecule has 0 aliphatic carbocycles. The van der Waals surface area contributed by atoms with E-state index in [0.717, 1.165) is 10.4 Å². The number of rotatable bonds is 6. The Morgan fingerprint density at radius 2 is 1.04 bits per heavy atom. The number of carbonyl (C=O) groups excluding carboxylic acids is 2. The molecule has 0 radical (unpaired) electrons. The topological polar surface area (TPSA) is 95.4 Å². The van der Waals surface area contributed by atoms with Gasteiger partial charge in [-0.05, 0) is 60.8 Å². The summed E-state index contributed by atoms with van der Waals surface area (Å²) in [7, 11) is -4.35. The van der Waals surface area contributed by atoms with E-state index in [1.165, 1.54) is 0 Å². The highest BCUT2D eigenvalue weighted by molar-refractivity contribution is 7.01. The summed E-state index contributed by atoms with van der Waals surface area (Å²) in [6.45, 7) is 8.57. The molecule has 0 fully saturated rings. The number of hydrogen-bond donors (Lipinski definition) is 2. The number of hydrogen-bond acceptors (Lipinski definition) is 3. The zero-order valence-corrected chi connectivity index (χ0v) is 17.0. The van der Waals surface area contributed by atoms with Crippen LogP contribution in [0, 0.1) is 0 Å². The van der Waals surface area contributed by atoms with E-state index >= 15 is 0 Å². The van der Waals surface area contributed by atoms with Crippen molar-refractivity contribution in [2.75, 3.05) is 0 Å². The number of benzene rings is 2. The Hall–Kier alpha value is -2.23. The highest BCUT2D eigenvalue weighted by Gasteiger charge is 2.38. The molecule has 2 aromatic carbocycles. The lowest BCUT2D eigenvalue weighted by atomic mass is 10.2. The van der Waals surface area contributed by atoms with Gasteiger partial charge in [0, 0.05) is 11.1 Å². The predicted octanol–water partition coefficient (Wildman–Crippen LogP) is 1.43. The lowest BCUT2D eigenvalue weighted by molar-refractivity contribution is 0.0992. The van der Waals surface area contributed by atoms with E-state index in [4.69, 9.17) is 15.6 Å². The van der Waals surface area contributed by atoms with E-state index in [2.05, 4.69) is 26.2 Å². The maximum Gasteiger partial charge on any atom is 0.248 e. The maximum absolute atomic E-state index is 11.3. The van der Waals surface area contributed by atoms with Crippen LogP contribution >= 0.6 is 0 Å². The molecule has 0 aliphatic rings. The molecule has 4 N–H and O–H groups in total. The Kier molecular flexibility index (Phi) is 5.31. The Balaban J connectivity index is 2.53. The number of amides is 2. The van der Waals surface area contributed by atoms with Crippen molar-refractivity contribution in [2.24, 2.45) is 11.5 Å². The molecule has 2 amide bonds. The predicted molar refractivity (Wildman–Crippen MR) is 105 cm³/mol. The van der Waals surface area contributed by atoms with Crippen LogP contribution in [0.5, 0.6) is 0 Å². The minimum Gasteiger partial charge on any atom is -0.449 e. The third-order valence-corrected chi connectivity index (χ3v) is 10.9. The molecule has 0 spiro atoms. The first-order valence-corrected chi connectivity index (χ1v) is 13.9. The quantitative estimate of drug-likeness (QED) is 0.751. The second-order valence-electron chi connectivity index (χ2n) is 7.13. The smallest absolute Gasteiger partial charge is 0.248 e. The van der Waals surface area contributed by atoms with Gasteiger partial charge in [-0.3, -0.25) is 9.59 Å². The van der Waals surface area contributed by atoms with Crippen LogP contribution in [0.25, 0.3) is 0 Å². The first kappa shape index (κ1) is 19.1. The summed E-state index contributed by atoms with van der Waals surface area (Å²) < 4.78 is 6.64. The van der Waals surface area contributed by atoms with Gasteiger partial charge in [-0.15, -0.1) is 0 Å². The highest BCUT2D eigenvalue weighted by Crippen LogP contribution is 2.16. The molecule has 5 nitrogen and oxygen atoms in total. The molecule has 25 heavy (non-hydrogen) atoms. The Bertz CT molecular complexity index is 724. The normalized spacial score (nSPS) is 12.0. The average Bonchev–Trinajstić information content (AvgIpc) is 2.53. The van der Waals surface area contributed by atoms with Crippen LogP contribution in [0.2, 0.25) is 26.2 Å². The molecule has 2 aromatic rings. The molecule has 0 saturated heterocycles. The van der Waals surface area contributed by atoms with Gasteiger partial charge >= 0.3 is 0 Å². The van der Waals surface area contributed by atoms with E-state index in [0.29, 0.717) is 11.1 Å². The van der Waals surface area contributed by atoms with Crippen molar-refractivity contribution in [3.05, 3.63) is 59.7 Å². The van der Waals surface area contributed by atoms with E-state index in [1.807, 2.05) is 24.3 Å². The summed E-state index contributed by atoms with van der Waals surface area (Å²) in [5.74, 6) is -0.904. The van der Waals surface area contributed by atoms with Crippen molar-refractivity contribution in [3.8, 4) is 0 Å². The molecular weight excluding hydrogens is 348 g/mol. The Morgan fingerprint density at radius 3 is 1.28 bits per heavy atom. The molecule has 0 aromatic heterocycles. The number of carbonyl (C=O) groups is 2. The van der Waals surface area contributed by atoms with Crippen LogP contribution in [-0.2, 0) is 4.12 Å². The van der Waals surface area contributed by atoms with Gasteiger partial charge in [0.05, 0.1) is 0 Å². The van der Waals surface area contributed by atoms with Crippen LogP contribution in [0.1, 0.15) is 20.7 Å². The van der Waals surface area contributed by atoms with Gasteiger partial charge in [0.25, 0.3) is 0 Å². The van der Waals surface area contributed by atoms with Crippen molar-refractivity contribution < 1.29 is 13.7 Å². The number of nitrogens with two attached hydrogens (primary N) is 2. The summed E-state index contributed by atoms with van der Waals surface area (Å²) in [4.78, 5) is 22.7. The molecule has 0 atom stereocenters.